The molecular formula is C20H16F3N5O3S. The number of rotatable bonds is 4. The van der Waals surface area contributed by atoms with E-state index in [-0.39, 0.29) is 18.1 Å². The molecule has 2 amide bonds. The van der Waals surface area contributed by atoms with E-state index in [1.165, 1.54) is 17.4 Å². The van der Waals surface area contributed by atoms with E-state index in [4.69, 9.17) is 4.74 Å². The third kappa shape index (κ3) is 4.40. The molecule has 0 bridgehead atoms. The maximum atomic E-state index is 12.9. The molecule has 0 spiro atoms. The molecule has 12 heteroatoms. The van der Waals surface area contributed by atoms with Crippen LogP contribution in [0, 0.1) is 6.92 Å². The third-order valence-corrected chi connectivity index (χ3v) is 5.54. The van der Waals surface area contributed by atoms with E-state index in [0.717, 1.165) is 17.3 Å². The lowest BCUT2D eigenvalue weighted by molar-refractivity contribution is -0.145. The van der Waals surface area contributed by atoms with Crippen LogP contribution in [0.2, 0.25) is 0 Å². The van der Waals surface area contributed by atoms with Gasteiger partial charge in [0.1, 0.15) is 5.01 Å². The van der Waals surface area contributed by atoms with Gasteiger partial charge in [-0.2, -0.15) is 13.2 Å². The van der Waals surface area contributed by atoms with Crippen molar-refractivity contribution in [2.75, 3.05) is 11.9 Å². The predicted octanol–water partition coefficient (Wildman–Crippen LogP) is 3.75. The van der Waals surface area contributed by atoms with Crippen LogP contribution in [0.5, 0.6) is 5.75 Å². The van der Waals surface area contributed by atoms with Crippen LogP contribution in [0.4, 0.5) is 18.9 Å². The Morgan fingerprint density at radius 2 is 1.94 bits per heavy atom. The highest BCUT2D eigenvalue weighted by Crippen LogP contribution is 2.41. The Labute approximate surface area is 183 Å². The molecule has 0 fully saturated rings. The molecule has 0 saturated carbocycles. The number of halogens is 3. The molecule has 4 rings (SSSR count). The van der Waals surface area contributed by atoms with E-state index in [1.807, 2.05) is 6.92 Å². The van der Waals surface area contributed by atoms with E-state index < -0.39 is 23.9 Å². The first-order valence-electron chi connectivity index (χ1n) is 9.35. The van der Waals surface area contributed by atoms with Crippen LogP contribution in [0.1, 0.15) is 39.6 Å². The lowest BCUT2D eigenvalue weighted by Gasteiger charge is -2.22. The quantitative estimate of drug-likeness (QED) is 0.611. The molecule has 0 saturated heterocycles. The topological polar surface area (TPSA) is 106 Å². The van der Waals surface area contributed by atoms with Crippen molar-refractivity contribution in [2.24, 2.45) is 0 Å². The maximum absolute atomic E-state index is 12.9. The first kappa shape index (κ1) is 21.7. The van der Waals surface area contributed by atoms with Gasteiger partial charge in [0.05, 0.1) is 17.3 Å². The molecule has 1 aliphatic rings. The minimum atomic E-state index is -4.65. The highest BCUT2D eigenvalue weighted by Gasteiger charge is 2.34. The first-order valence-corrected chi connectivity index (χ1v) is 10.2. The fraction of sp³-hybridized carbons (Fsp3) is 0.250. The van der Waals surface area contributed by atoms with Crippen molar-refractivity contribution in [3.05, 3.63) is 52.6 Å². The number of carbonyl (C=O) groups is 2. The summed E-state index contributed by atoms with van der Waals surface area (Å²) in [5, 5.41) is 6.00. The molecule has 1 aliphatic heterocycles. The molecule has 3 heterocycles. The van der Waals surface area contributed by atoms with Crippen LogP contribution in [-0.4, -0.2) is 33.4 Å². The lowest BCUT2D eigenvalue weighted by atomic mass is 10.1. The van der Waals surface area contributed by atoms with Crippen molar-refractivity contribution in [2.45, 2.75) is 26.1 Å². The number of carbonyl (C=O) groups excluding carboxylic acids is 2. The summed E-state index contributed by atoms with van der Waals surface area (Å²) >= 11 is 1.40. The zero-order chi connectivity index (χ0) is 23.0. The number of nitrogens with one attached hydrogen (secondary N) is 2. The zero-order valence-corrected chi connectivity index (χ0v) is 17.6. The van der Waals surface area contributed by atoms with Gasteiger partial charge in [0.2, 0.25) is 5.82 Å². The normalized spacial score (nSPS) is 14.2. The Balaban J connectivity index is 1.62. The number of hydrogen-bond donors (Lipinski definition) is 2. The summed E-state index contributed by atoms with van der Waals surface area (Å²) in [7, 11) is 0. The van der Waals surface area contributed by atoms with Gasteiger partial charge in [0.25, 0.3) is 11.8 Å². The molecule has 1 unspecified atom stereocenters. The lowest BCUT2D eigenvalue weighted by Crippen LogP contribution is -2.29. The van der Waals surface area contributed by atoms with Crippen LogP contribution in [0.15, 0.2) is 30.7 Å². The summed E-state index contributed by atoms with van der Waals surface area (Å²) in [6, 6.07) is 2.40. The van der Waals surface area contributed by atoms with E-state index in [9.17, 15) is 22.8 Å². The molecule has 0 aliphatic carbocycles. The highest BCUT2D eigenvalue weighted by atomic mass is 32.1. The number of fused-ring (bicyclic) bond motifs is 1. The van der Waals surface area contributed by atoms with Crippen molar-refractivity contribution in [1.82, 2.24) is 20.3 Å². The fourth-order valence-electron chi connectivity index (χ4n) is 3.04. The average Bonchev–Trinajstić information content (AvgIpc) is 3.18. The molecule has 2 N–H and O–H groups in total. The van der Waals surface area contributed by atoms with Crippen molar-refractivity contribution in [3.63, 3.8) is 0 Å². The number of alkyl halides is 3. The van der Waals surface area contributed by atoms with E-state index in [1.54, 1.807) is 19.2 Å². The summed E-state index contributed by atoms with van der Waals surface area (Å²) < 4.78 is 43.5. The molecule has 8 nitrogen and oxygen atoms in total. The van der Waals surface area contributed by atoms with Crippen molar-refractivity contribution in [3.8, 4) is 16.3 Å². The minimum Gasteiger partial charge on any atom is -0.481 e. The number of amides is 2. The molecule has 166 valence electrons. The predicted molar refractivity (Wildman–Crippen MR) is 109 cm³/mol. The summed E-state index contributed by atoms with van der Waals surface area (Å²) in [5.41, 5.74) is 1.41. The van der Waals surface area contributed by atoms with E-state index in [0.29, 0.717) is 27.6 Å². The summed E-state index contributed by atoms with van der Waals surface area (Å²) in [5.74, 6) is -1.70. The van der Waals surface area contributed by atoms with Gasteiger partial charge < -0.3 is 15.4 Å². The number of thiazole rings is 1. The Morgan fingerprint density at radius 3 is 2.56 bits per heavy atom. The monoisotopic (exact) mass is 463 g/mol. The SMILES string of the molecule is Cc1cnc(-c2cc(C(=O)NC(C)c3cnc(C(F)(F)F)nc3)cc3c2OCC(=O)N3)s1. The molecule has 2 aromatic heterocycles. The Bertz CT molecular complexity index is 1190. The van der Waals surface area contributed by atoms with Gasteiger partial charge in [-0.3, -0.25) is 9.59 Å². The van der Waals surface area contributed by atoms with Gasteiger partial charge >= 0.3 is 6.18 Å². The molecule has 1 atom stereocenters. The molecule has 32 heavy (non-hydrogen) atoms. The number of ether oxygens (including phenoxy) is 1. The van der Waals surface area contributed by atoms with Crippen molar-refractivity contribution < 1.29 is 27.5 Å². The standard InChI is InChI=1S/C20H16F3N5O3S/c1-9-5-24-18(32-9)13-3-11(4-14-16(13)31-8-15(29)28-14)17(30)27-10(2)12-6-25-19(26-7-12)20(21,22)23/h3-7,10H,8H2,1-2H3,(H,27,30)(H,28,29). The van der Waals surface area contributed by atoms with Crippen LogP contribution in [-0.2, 0) is 11.0 Å². The second-order valence-corrected chi connectivity index (χ2v) is 8.28. The van der Waals surface area contributed by atoms with E-state index >= 15 is 0 Å². The smallest absolute Gasteiger partial charge is 0.451 e. The number of anilines is 1. The highest BCUT2D eigenvalue weighted by molar-refractivity contribution is 7.15. The van der Waals surface area contributed by atoms with Crippen LogP contribution in [0.25, 0.3) is 10.6 Å². The molecular weight excluding hydrogens is 447 g/mol. The number of hydrogen-bond acceptors (Lipinski definition) is 7. The number of benzene rings is 1. The average molecular weight is 463 g/mol. The Morgan fingerprint density at radius 1 is 1.22 bits per heavy atom. The van der Waals surface area contributed by atoms with Gasteiger partial charge in [-0.15, -0.1) is 11.3 Å². The number of nitrogens with zero attached hydrogens (tertiary/aromatic N) is 3. The molecule has 0 radical (unpaired) electrons. The van der Waals surface area contributed by atoms with Crippen molar-refractivity contribution >= 4 is 28.8 Å². The van der Waals surface area contributed by atoms with Crippen LogP contribution >= 0.6 is 11.3 Å². The first-order chi connectivity index (χ1) is 15.1. The van der Waals surface area contributed by atoms with E-state index in [2.05, 4.69) is 25.6 Å². The number of aryl methyl sites for hydroxylation is 1. The third-order valence-electron chi connectivity index (χ3n) is 4.60. The summed E-state index contributed by atoms with van der Waals surface area (Å²) in [4.78, 5) is 36.6. The molecule has 3 aromatic rings. The van der Waals surface area contributed by atoms with Crippen LogP contribution in [0.3, 0.4) is 0 Å². The Hall–Kier alpha value is -3.54. The van der Waals surface area contributed by atoms with Gasteiger partial charge in [-0.1, -0.05) is 0 Å². The summed E-state index contributed by atoms with van der Waals surface area (Å²) in [6.45, 7) is 3.33. The van der Waals surface area contributed by atoms with Gasteiger partial charge in [-0.05, 0) is 26.0 Å². The number of aromatic nitrogens is 3. The second kappa shape index (κ2) is 8.19. The zero-order valence-electron chi connectivity index (χ0n) is 16.8. The largest absolute Gasteiger partial charge is 0.481 e. The summed E-state index contributed by atoms with van der Waals surface area (Å²) in [6.07, 6.45) is -0.921. The fourth-order valence-corrected chi connectivity index (χ4v) is 3.82. The minimum absolute atomic E-state index is 0.152. The van der Waals surface area contributed by atoms with Crippen LogP contribution < -0.4 is 15.4 Å². The van der Waals surface area contributed by atoms with Gasteiger partial charge in [-0.25, -0.2) is 15.0 Å². The van der Waals surface area contributed by atoms with Gasteiger partial charge in [0.15, 0.2) is 12.4 Å². The maximum Gasteiger partial charge on any atom is 0.451 e. The van der Waals surface area contributed by atoms with Gasteiger partial charge in [0, 0.05) is 34.6 Å². The molecule has 1 aromatic carbocycles. The van der Waals surface area contributed by atoms with Crippen molar-refractivity contribution in [1.29, 1.82) is 0 Å². The second-order valence-electron chi connectivity index (χ2n) is 7.05. The Kier molecular flexibility index (Phi) is 5.55.